The number of halogens is 4. The topological polar surface area (TPSA) is 35.2 Å². The second-order valence-corrected chi connectivity index (χ2v) is 5.16. The van der Waals surface area contributed by atoms with E-state index in [1.54, 1.807) is 0 Å². The van der Waals surface area contributed by atoms with Crippen molar-refractivity contribution in [1.82, 2.24) is 0 Å². The molecule has 1 aliphatic rings. The molecule has 20 heavy (non-hydrogen) atoms. The van der Waals surface area contributed by atoms with Crippen LogP contribution >= 0.6 is 0 Å². The van der Waals surface area contributed by atoms with E-state index >= 15 is 0 Å². The number of rotatable bonds is 7. The molecule has 1 saturated carbocycles. The number of hydrogen-bond acceptors (Lipinski definition) is 2. The van der Waals surface area contributed by atoms with Gasteiger partial charge in [0.25, 0.3) is 0 Å². The van der Waals surface area contributed by atoms with E-state index in [9.17, 15) is 17.6 Å². The summed E-state index contributed by atoms with van der Waals surface area (Å²) in [6.45, 7) is -1.42. The van der Waals surface area contributed by atoms with Crippen molar-refractivity contribution < 1.29 is 22.3 Å². The lowest BCUT2D eigenvalue weighted by molar-refractivity contribution is -0.166. The highest BCUT2D eigenvalue weighted by molar-refractivity contribution is 5.26. The van der Waals surface area contributed by atoms with Crippen molar-refractivity contribution in [2.45, 2.75) is 30.7 Å². The van der Waals surface area contributed by atoms with E-state index in [1.165, 1.54) is 0 Å². The van der Waals surface area contributed by atoms with Crippen LogP contribution < -0.4 is 5.73 Å². The number of alkyl halides is 4. The van der Waals surface area contributed by atoms with Gasteiger partial charge < -0.3 is 10.5 Å². The van der Waals surface area contributed by atoms with Gasteiger partial charge >= 0.3 is 12.3 Å². The maximum Gasteiger partial charge on any atom is 0.330 e. The second kappa shape index (κ2) is 6.10. The molecular formula is C14H17F4NO. The van der Waals surface area contributed by atoms with E-state index in [1.807, 2.05) is 30.3 Å². The molecule has 0 radical (unpaired) electrons. The van der Waals surface area contributed by atoms with Gasteiger partial charge in [-0.3, -0.25) is 0 Å². The normalized spacial score (nSPS) is 23.9. The zero-order valence-electron chi connectivity index (χ0n) is 10.8. The van der Waals surface area contributed by atoms with Crippen LogP contribution in [0.3, 0.4) is 0 Å². The molecule has 3 atom stereocenters. The summed E-state index contributed by atoms with van der Waals surface area (Å²) in [6, 6.07) is 9.34. The van der Waals surface area contributed by atoms with Gasteiger partial charge in [0.15, 0.2) is 0 Å². The maximum atomic E-state index is 12.6. The number of ether oxygens (including phenoxy) is 1. The van der Waals surface area contributed by atoms with Crippen LogP contribution in [0.15, 0.2) is 30.3 Å². The van der Waals surface area contributed by atoms with Gasteiger partial charge in [-0.1, -0.05) is 30.3 Å². The van der Waals surface area contributed by atoms with Gasteiger partial charge in [-0.15, -0.1) is 0 Å². The largest absolute Gasteiger partial charge is 0.373 e. The molecule has 1 fully saturated rings. The molecule has 0 saturated heterocycles. The Morgan fingerprint density at radius 2 is 1.90 bits per heavy atom. The fourth-order valence-corrected chi connectivity index (χ4v) is 2.29. The fourth-order valence-electron chi connectivity index (χ4n) is 2.29. The Balaban J connectivity index is 1.74. The summed E-state index contributed by atoms with van der Waals surface area (Å²) in [4.78, 5) is 0. The van der Waals surface area contributed by atoms with Crippen LogP contribution in [0, 0.1) is 5.92 Å². The van der Waals surface area contributed by atoms with E-state index in [2.05, 4.69) is 4.74 Å². The van der Waals surface area contributed by atoms with Gasteiger partial charge in [-0.25, -0.2) is 8.78 Å². The van der Waals surface area contributed by atoms with E-state index in [0.29, 0.717) is 5.92 Å². The SMILES string of the molecule is NC(COCC(F)(F)C(F)F)C1CC1c1ccccc1. The lowest BCUT2D eigenvalue weighted by Gasteiger charge is -2.17. The van der Waals surface area contributed by atoms with Gasteiger partial charge in [0.1, 0.15) is 6.61 Å². The minimum Gasteiger partial charge on any atom is -0.373 e. The van der Waals surface area contributed by atoms with Crippen molar-refractivity contribution in [2.24, 2.45) is 11.7 Å². The summed E-state index contributed by atoms with van der Waals surface area (Å²) >= 11 is 0. The first-order valence-corrected chi connectivity index (χ1v) is 6.46. The summed E-state index contributed by atoms with van der Waals surface area (Å²) in [5.74, 6) is -3.63. The van der Waals surface area contributed by atoms with Gasteiger partial charge in [0, 0.05) is 6.04 Å². The molecule has 3 unspecified atom stereocenters. The average Bonchev–Trinajstić information content (AvgIpc) is 3.19. The van der Waals surface area contributed by atoms with E-state index in [0.717, 1.165) is 12.0 Å². The highest BCUT2D eigenvalue weighted by Gasteiger charge is 2.44. The molecule has 2 N–H and O–H groups in total. The Bertz CT molecular complexity index is 426. The predicted octanol–water partition coefficient (Wildman–Crippen LogP) is 3.03. The van der Waals surface area contributed by atoms with Crippen molar-refractivity contribution in [1.29, 1.82) is 0 Å². The maximum absolute atomic E-state index is 12.6. The molecule has 0 aliphatic heterocycles. The molecule has 2 rings (SSSR count). The summed E-state index contributed by atoms with van der Waals surface area (Å²) in [7, 11) is 0. The first kappa shape index (κ1) is 15.3. The molecule has 112 valence electrons. The third-order valence-corrected chi connectivity index (χ3v) is 3.54. The zero-order valence-corrected chi connectivity index (χ0v) is 10.8. The molecule has 6 heteroatoms. The fraction of sp³-hybridized carbons (Fsp3) is 0.571. The molecule has 2 nitrogen and oxygen atoms in total. The van der Waals surface area contributed by atoms with Crippen LogP contribution in [0.2, 0.25) is 0 Å². The molecule has 0 spiro atoms. The van der Waals surface area contributed by atoms with Crippen molar-refractivity contribution in [2.75, 3.05) is 13.2 Å². The lowest BCUT2D eigenvalue weighted by atomic mass is 10.1. The van der Waals surface area contributed by atoms with Crippen molar-refractivity contribution in [3.05, 3.63) is 35.9 Å². The Labute approximate surface area is 114 Å². The third-order valence-electron chi connectivity index (χ3n) is 3.54. The Morgan fingerprint density at radius 1 is 1.25 bits per heavy atom. The highest BCUT2D eigenvalue weighted by Crippen LogP contribution is 2.48. The molecule has 1 aliphatic carbocycles. The third kappa shape index (κ3) is 3.70. The van der Waals surface area contributed by atoms with Gasteiger partial charge in [0.05, 0.1) is 6.61 Å². The standard InChI is InChI=1S/C14H17F4NO/c15-13(16)14(17,18)8-20-7-12(19)11-6-10(11)9-4-2-1-3-5-9/h1-5,10-13H,6-8,19H2. The van der Waals surface area contributed by atoms with Gasteiger partial charge in [-0.2, -0.15) is 8.78 Å². The first-order valence-electron chi connectivity index (χ1n) is 6.46. The van der Waals surface area contributed by atoms with Crippen molar-refractivity contribution in [3.8, 4) is 0 Å². The van der Waals surface area contributed by atoms with Crippen LogP contribution in [-0.2, 0) is 4.74 Å². The number of nitrogens with two attached hydrogens (primary N) is 1. The molecule has 0 bridgehead atoms. The Hall–Kier alpha value is -1.14. The molecular weight excluding hydrogens is 274 g/mol. The van der Waals surface area contributed by atoms with Crippen molar-refractivity contribution in [3.63, 3.8) is 0 Å². The average molecular weight is 291 g/mol. The molecule has 0 aromatic heterocycles. The Kier molecular flexibility index (Phi) is 4.65. The minimum absolute atomic E-state index is 0.129. The van der Waals surface area contributed by atoms with Crippen LogP contribution in [-0.4, -0.2) is 31.6 Å². The molecule has 0 amide bonds. The van der Waals surface area contributed by atoms with Crippen LogP contribution in [0.4, 0.5) is 17.6 Å². The predicted molar refractivity (Wildman–Crippen MR) is 67.0 cm³/mol. The van der Waals surface area contributed by atoms with Crippen molar-refractivity contribution >= 4 is 0 Å². The molecule has 1 aromatic rings. The van der Waals surface area contributed by atoms with Gasteiger partial charge in [0.2, 0.25) is 0 Å². The minimum atomic E-state index is -4.11. The van der Waals surface area contributed by atoms with Crippen LogP contribution in [0.5, 0.6) is 0 Å². The highest BCUT2D eigenvalue weighted by atomic mass is 19.3. The summed E-state index contributed by atoms with van der Waals surface area (Å²) in [5, 5.41) is 0. The zero-order chi connectivity index (χ0) is 14.8. The number of hydrogen-bond donors (Lipinski definition) is 1. The Morgan fingerprint density at radius 3 is 2.50 bits per heavy atom. The second-order valence-electron chi connectivity index (χ2n) is 5.16. The number of benzene rings is 1. The summed E-state index contributed by atoms with van der Waals surface area (Å²) < 4.78 is 53.8. The lowest BCUT2D eigenvalue weighted by Crippen LogP contribution is -2.36. The van der Waals surface area contributed by atoms with Gasteiger partial charge in [-0.05, 0) is 23.8 Å². The summed E-state index contributed by atoms with van der Waals surface area (Å²) in [5.41, 5.74) is 7.01. The van der Waals surface area contributed by atoms with Crippen LogP contribution in [0.25, 0.3) is 0 Å². The van der Waals surface area contributed by atoms with E-state index < -0.39 is 25.0 Å². The first-order chi connectivity index (χ1) is 9.42. The van der Waals surface area contributed by atoms with E-state index in [-0.39, 0.29) is 12.5 Å². The molecule has 0 heterocycles. The molecule has 1 aromatic carbocycles. The quantitative estimate of drug-likeness (QED) is 0.784. The smallest absolute Gasteiger partial charge is 0.330 e. The summed E-state index contributed by atoms with van der Waals surface area (Å²) in [6.07, 6.45) is -2.84. The van der Waals surface area contributed by atoms with E-state index in [4.69, 9.17) is 5.73 Å². The van der Waals surface area contributed by atoms with Crippen LogP contribution in [0.1, 0.15) is 17.9 Å². The monoisotopic (exact) mass is 291 g/mol.